The van der Waals surface area contributed by atoms with E-state index in [1.807, 2.05) is 25.1 Å². The molecule has 0 aliphatic heterocycles. The highest BCUT2D eigenvalue weighted by Gasteiger charge is 2.31. The van der Waals surface area contributed by atoms with Crippen molar-refractivity contribution in [2.45, 2.75) is 6.92 Å². The molecule has 4 nitrogen and oxygen atoms in total. The molecule has 0 spiro atoms. The van der Waals surface area contributed by atoms with Gasteiger partial charge in [-0.2, -0.15) is 0 Å². The molecule has 6 heteroatoms. The van der Waals surface area contributed by atoms with Crippen molar-refractivity contribution >= 4 is 49.9 Å². The number of aromatic nitrogens is 1. The topological polar surface area (TPSA) is 59.1 Å². The van der Waals surface area contributed by atoms with E-state index in [2.05, 4.69) is 10.3 Å². The van der Waals surface area contributed by atoms with Crippen molar-refractivity contribution < 1.29 is 9.59 Å². The molecule has 118 valence electrons. The fraction of sp³-hybridized carbons (Fsp3) is 0.0556. The molecule has 0 saturated carbocycles. The van der Waals surface area contributed by atoms with Gasteiger partial charge in [-0.3, -0.25) is 9.59 Å². The first kappa shape index (κ1) is 15.1. The van der Waals surface area contributed by atoms with Crippen LogP contribution >= 0.6 is 22.9 Å². The van der Waals surface area contributed by atoms with E-state index in [1.165, 1.54) is 11.3 Å². The molecule has 2 aromatic carbocycles. The van der Waals surface area contributed by atoms with Crippen molar-refractivity contribution in [1.82, 2.24) is 4.98 Å². The fourth-order valence-corrected chi connectivity index (χ4v) is 3.88. The third-order valence-electron chi connectivity index (χ3n) is 3.91. The van der Waals surface area contributed by atoms with Gasteiger partial charge >= 0.3 is 0 Å². The first-order chi connectivity index (χ1) is 11.6. The molecule has 1 aromatic heterocycles. The first-order valence-electron chi connectivity index (χ1n) is 7.27. The summed E-state index contributed by atoms with van der Waals surface area (Å²) < 4.78 is 1.03. The highest BCUT2D eigenvalue weighted by Crippen LogP contribution is 2.33. The lowest BCUT2D eigenvalue weighted by Gasteiger charge is -2.17. The van der Waals surface area contributed by atoms with Gasteiger partial charge in [-0.05, 0) is 18.6 Å². The normalized spacial score (nSPS) is 14.2. The van der Waals surface area contributed by atoms with Gasteiger partial charge < -0.3 is 5.32 Å². The largest absolute Gasteiger partial charge is 0.327 e. The van der Waals surface area contributed by atoms with Gasteiger partial charge in [-0.25, -0.2) is 4.98 Å². The maximum absolute atomic E-state index is 12.7. The van der Waals surface area contributed by atoms with Crippen molar-refractivity contribution in [3.63, 3.8) is 0 Å². The monoisotopic (exact) mass is 354 g/mol. The van der Waals surface area contributed by atoms with Crippen molar-refractivity contribution in [2.75, 3.05) is 5.32 Å². The van der Waals surface area contributed by atoms with Gasteiger partial charge in [-0.1, -0.05) is 59.3 Å². The number of anilines is 1. The van der Waals surface area contributed by atoms with Gasteiger partial charge in [0.1, 0.15) is 10.7 Å². The molecule has 0 amide bonds. The molecule has 1 aliphatic carbocycles. The smallest absolute Gasteiger partial charge is 0.211 e. The van der Waals surface area contributed by atoms with Gasteiger partial charge in [0.25, 0.3) is 0 Å². The Morgan fingerprint density at radius 3 is 2.42 bits per heavy atom. The molecule has 24 heavy (non-hydrogen) atoms. The number of allylic oxidation sites excluding steroid dienone is 2. The molecule has 1 N–H and O–H groups in total. The number of thiazole rings is 1. The molecule has 4 rings (SSSR count). The van der Waals surface area contributed by atoms with Crippen molar-refractivity contribution in [3.8, 4) is 0 Å². The first-order valence-corrected chi connectivity index (χ1v) is 8.47. The number of carbonyl (C=O) groups excluding carboxylic acids is 2. The number of fused-ring (bicyclic) bond motifs is 2. The number of nitrogens with zero attached hydrogens (tertiary/aromatic N) is 1. The van der Waals surface area contributed by atoms with Crippen molar-refractivity contribution in [2.24, 2.45) is 0 Å². The van der Waals surface area contributed by atoms with Crippen LogP contribution in [-0.2, 0) is 0 Å². The minimum absolute atomic E-state index is 0.0806. The lowest BCUT2D eigenvalue weighted by molar-refractivity contribution is 0.0982. The lowest BCUT2D eigenvalue weighted by Crippen LogP contribution is -2.24. The number of ketones is 2. The second-order valence-corrected chi connectivity index (χ2v) is 6.84. The number of nitrogens with one attached hydrogen (secondary N) is 1. The maximum Gasteiger partial charge on any atom is 0.211 e. The molecule has 3 aromatic rings. The Balaban J connectivity index is 1.78. The van der Waals surface area contributed by atoms with Crippen LogP contribution in [0.4, 0.5) is 5.13 Å². The van der Waals surface area contributed by atoms with Crippen LogP contribution in [0.15, 0.2) is 53.2 Å². The third-order valence-corrected chi connectivity index (χ3v) is 5.39. The zero-order valence-electron chi connectivity index (χ0n) is 12.6. The minimum atomic E-state index is -0.355. The summed E-state index contributed by atoms with van der Waals surface area (Å²) in [4.78, 5) is 29.5. The average molecular weight is 355 g/mol. The number of hydrogen-bond donors (Lipinski definition) is 1. The zero-order valence-corrected chi connectivity index (χ0v) is 14.2. The molecule has 1 aliphatic rings. The number of aryl methyl sites for hydroxylation is 1. The van der Waals surface area contributed by atoms with Crippen LogP contribution in [0.5, 0.6) is 0 Å². The van der Waals surface area contributed by atoms with Crippen LogP contribution < -0.4 is 5.32 Å². The number of benzene rings is 2. The van der Waals surface area contributed by atoms with E-state index < -0.39 is 0 Å². The Morgan fingerprint density at radius 2 is 1.71 bits per heavy atom. The Morgan fingerprint density at radius 1 is 1.00 bits per heavy atom. The van der Waals surface area contributed by atoms with E-state index >= 15 is 0 Å². The van der Waals surface area contributed by atoms with Crippen LogP contribution in [0.2, 0.25) is 0 Å². The molecule has 0 radical (unpaired) electrons. The Bertz CT molecular complexity index is 1050. The van der Waals surface area contributed by atoms with E-state index in [9.17, 15) is 9.59 Å². The van der Waals surface area contributed by atoms with Crippen molar-refractivity contribution in [3.05, 3.63) is 69.9 Å². The Kier molecular flexibility index (Phi) is 3.48. The fourth-order valence-electron chi connectivity index (χ4n) is 2.70. The lowest BCUT2D eigenvalue weighted by atomic mass is 9.92. The van der Waals surface area contributed by atoms with E-state index in [0.717, 1.165) is 15.8 Å². The maximum atomic E-state index is 12.7. The van der Waals surface area contributed by atoms with Crippen LogP contribution in [-0.4, -0.2) is 16.6 Å². The SMILES string of the molecule is Cc1cccc2nc(NC3=C(Cl)C(=O)c4ccccc4C3=O)sc12. The average Bonchev–Trinajstić information content (AvgIpc) is 3.01. The number of hydrogen-bond acceptors (Lipinski definition) is 5. The zero-order chi connectivity index (χ0) is 16.8. The summed E-state index contributed by atoms with van der Waals surface area (Å²) in [5.74, 6) is -0.655. The van der Waals surface area contributed by atoms with E-state index in [4.69, 9.17) is 11.6 Å². The van der Waals surface area contributed by atoms with Crippen LogP contribution in [0.3, 0.4) is 0 Å². The van der Waals surface area contributed by atoms with Crippen LogP contribution in [0.25, 0.3) is 10.2 Å². The summed E-state index contributed by atoms with van der Waals surface area (Å²) in [5, 5.41) is 3.39. The molecule has 0 atom stereocenters. The third kappa shape index (κ3) is 2.25. The summed E-state index contributed by atoms with van der Waals surface area (Å²) in [5.41, 5.74) is 2.71. The number of carbonyl (C=O) groups is 2. The number of halogens is 1. The van der Waals surface area contributed by atoms with Gasteiger partial charge in [0.2, 0.25) is 11.6 Å². The highest BCUT2D eigenvalue weighted by molar-refractivity contribution is 7.22. The summed E-state index contributed by atoms with van der Waals surface area (Å²) in [6, 6.07) is 12.5. The predicted octanol–water partition coefficient (Wildman–Crippen LogP) is 4.55. The molecular formula is C18H11ClN2O2S. The van der Waals surface area contributed by atoms with Gasteiger partial charge in [0.15, 0.2) is 5.13 Å². The molecule has 0 unspecified atom stereocenters. The summed E-state index contributed by atoms with van der Waals surface area (Å²) >= 11 is 7.58. The molecule has 0 fully saturated rings. The van der Waals surface area contributed by atoms with Crippen molar-refractivity contribution in [1.29, 1.82) is 0 Å². The second-order valence-electron chi connectivity index (χ2n) is 5.46. The van der Waals surface area contributed by atoms with Gasteiger partial charge in [0.05, 0.1) is 10.2 Å². The number of Topliss-reactive ketones (excluding diaryl/α,β-unsaturated/α-hetero) is 2. The molecular weight excluding hydrogens is 344 g/mol. The molecule has 0 bridgehead atoms. The quantitative estimate of drug-likeness (QED) is 0.733. The molecule has 0 saturated heterocycles. The Labute approximate surface area is 146 Å². The van der Waals surface area contributed by atoms with Gasteiger partial charge in [0, 0.05) is 11.1 Å². The van der Waals surface area contributed by atoms with E-state index in [1.54, 1.807) is 24.3 Å². The standard InChI is InChI=1S/C18H11ClN2O2S/c1-9-5-4-8-12-17(9)24-18(20-12)21-14-13(19)15(22)10-6-2-3-7-11(10)16(14)23/h2-8H,1H3,(H,20,21). The summed E-state index contributed by atoms with van der Waals surface area (Å²) in [6.45, 7) is 2.00. The highest BCUT2D eigenvalue weighted by atomic mass is 35.5. The summed E-state index contributed by atoms with van der Waals surface area (Å²) in [6.07, 6.45) is 0. The summed E-state index contributed by atoms with van der Waals surface area (Å²) in [7, 11) is 0. The van der Waals surface area contributed by atoms with E-state index in [0.29, 0.717) is 16.3 Å². The predicted molar refractivity (Wildman–Crippen MR) is 96.0 cm³/mol. The van der Waals surface area contributed by atoms with E-state index in [-0.39, 0.29) is 22.3 Å². The van der Waals surface area contributed by atoms with Crippen LogP contribution in [0.1, 0.15) is 26.3 Å². The van der Waals surface area contributed by atoms with Crippen LogP contribution in [0, 0.1) is 6.92 Å². The second kappa shape index (κ2) is 5.54. The Hall–Kier alpha value is -2.50. The van der Waals surface area contributed by atoms with Gasteiger partial charge in [-0.15, -0.1) is 0 Å². The molecule has 1 heterocycles. The number of rotatable bonds is 2. The minimum Gasteiger partial charge on any atom is -0.327 e.